The van der Waals surface area contributed by atoms with Gasteiger partial charge >= 0.3 is 91.4 Å². The monoisotopic (exact) mass is 326 g/mol. The molecule has 0 radical (unpaired) electrons. The van der Waals surface area contributed by atoms with E-state index in [0.29, 0.717) is 0 Å². The second-order valence-electron chi connectivity index (χ2n) is 2.62. The van der Waals surface area contributed by atoms with Gasteiger partial charge in [-0.3, -0.25) is 24.7 Å². The quantitative estimate of drug-likeness (QED) is 0.346. The second kappa shape index (κ2) is 6.58. The molecule has 0 aliphatic carbocycles. The van der Waals surface area contributed by atoms with E-state index < -0.39 is 29.9 Å². The Bertz CT molecular complexity index is 849. The van der Waals surface area contributed by atoms with Crippen LogP contribution >= 0.6 is 0 Å². The number of rotatable bonds is 0. The van der Waals surface area contributed by atoms with Crippen LogP contribution in [0, 0.1) is 0 Å². The Morgan fingerprint density at radius 3 is 1.67 bits per heavy atom. The minimum absolute atomic E-state index is 0. The van der Waals surface area contributed by atoms with Gasteiger partial charge in [-0.2, -0.15) is 0 Å². The third-order valence-corrected chi connectivity index (χ3v) is 1.42. The zero-order valence-corrected chi connectivity index (χ0v) is 13.0. The Morgan fingerprint density at radius 1 is 0.833 bits per heavy atom. The van der Waals surface area contributed by atoms with Crippen LogP contribution < -0.4 is 72.5 Å². The average molecular weight is 326 g/mol. The normalized spacial score (nSPS) is 10.3. The van der Waals surface area contributed by atoms with Gasteiger partial charge in [0.15, 0.2) is 0 Å². The molecule has 18 heavy (non-hydrogen) atoms. The van der Waals surface area contributed by atoms with Crippen molar-refractivity contribution in [1.29, 1.82) is 0 Å². The number of hydrogen-bond acceptors (Lipinski definition) is 7. The molecule has 11 nitrogen and oxygen atoms in total. The summed E-state index contributed by atoms with van der Waals surface area (Å²) < 4.78 is 34.3. The Kier molecular flexibility index (Phi) is 6.38. The molecular weight excluding hydrogens is 322 g/mol. The number of H-pyrrole nitrogens is 4. The molecule has 0 aliphatic heterocycles. The molecule has 2 aromatic heterocycles. The van der Waals surface area contributed by atoms with E-state index in [0.717, 1.165) is 0 Å². The molecule has 0 atom stereocenters. The average Bonchev–Trinajstić information content (AvgIpc) is 2.42. The van der Waals surface area contributed by atoms with Crippen LogP contribution in [-0.4, -0.2) is 19.9 Å². The van der Waals surface area contributed by atoms with Crippen LogP contribution in [0.5, 0.6) is 0 Å². The van der Waals surface area contributed by atoms with E-state index in [4.69, 9.17) is 15.7 Å². The van der Waals surface area contributed by atoms with E-state index in [-0.39, 0.29) is 62.5 Å². The van der Waals surface area contributed by atoms with Crippen molar-refractivity contribution in [2.75, 3.05) is 0 Å². The van der Waals surface area contributed by atoms with Gasteiger partial charge in [-0.1, -0.05) is 0 Å². The fourth-order valence-corrected chi connectivity index (χ4v) is 0.958. The van der Waals surface area contributed by atoms with E-state index in [2.05, 4.69) is 15.0 Å². The van der Waals surface area contributed by atoms with Gasteiger partial charge in [-0.15, -0.1) is 0 Å². The second-order valence-corrected chi connectivity index (χ2v) is 3.80. The number of hydrogen-bond donors (Lipinski definition) is 4. The molecule has 0 aromatic carbocycles. The van der Waals surface area contributed by atoms with Gasteiger partial charge in [-0.25, -0.2) is 9.59 Å². The van der Waals surface area contributed by atoms with Crippen LogP contribution in [0.1, 0.15) is 0 Å². The first-order chi connectivity index (χ1) is 7.66. The van der Waals surface area contributed by atoms with E-state index in [1.54, 1.807) is 0 Å². The Balaban J connectivity index is 0.000000421. The zero-order valence-electron chi connectivity index (χ0n) is 8.74. The van der Waals surface area contributed by atoms with E-state index >= 15 is 0 Å². The van der Waals surface area contributed by atoms with Gasteiger partial charge in [0.05, 0.1) is 0 Å². The van der Waals surface area contributed by atoms with Gasteiger partial charge < -0.3 is 0 Å². The summed E-state index contributed by atoms with van der Waals surface area (Å²) in [5, 5.41) is 0. The van der Waals surface area contributed by atoms with Crippen LogP contribution in [0.25, 0.3) is 11.2 Å². The number of nitrogens with one attached hydrogen (secondary N) is 4. The third kappa shape index (κ3) is 5.88. The Morgan fingerprint density at radius 2 is 1.22 bits per heavy atom. The predicted octanol–water partition coefficient (Wildman–Crippen LogP) is -6.31. The summed E-state index contributed by atoms with van der Waals surface area (Å²) in [6.45, 7) is 0. The van der Waals surface area contributed by atoms with Gasteiger partial charge in [0.1, 0.15) is 11.2 Å². The van der Waals surface area contributed by atoms with Crippen molar-refractivity contribution in [3.63, 3.8) is 0 Å². The first kappa shape index (κ1) is 17.5. The summed E-state index contributed by atoms with van der Waals surface area (Å²) in [6, 6.07) is 0. The molecule has 2 heterocycles. The maximum absolute atomic E-state index is 10.9. The Hall–Kier alpha value is -0.534. The topological polar surface area (TPSA) is 189 Å². The minimum atomic E-state index is -5.62. The van der Waals surface area contributed by atoms with E-state index in [9.17, 15) is 14.4 Å². The standard InChI is InChI=1S/C5H4N4O3.K.Mn.4O/c10-3-1-2(7-4(11)6-1)8-5(12)9-3;;;;;;/h(H4,6,7,8,9,10,11,12);;;;;;/q;+1;;;;;-1. The first-order valence-electron chi connectivity index (χ1n) is 3.73. The van der Waals surface area contributed by atoms with Gasteiger partial charge in [-0.05, 0) is 0 Å². The van der Waals surface area contributed by atoms with Gasteiger partial charge in [0.25, 0.3) is 5.56 Å². The SMILES string of the molecule is O=c1[nH]c(=O)c2[nH]c(=O)[nH]c2[nH]1.[K+].[O]=[Mn](=[O])(=[O])[O-]. The molecular formula is C5H4KMnN4O7. The summed E-state index contributed by atoms with van der Waals surface area (Å²) in [5.74, 6) is 0. The van der Waals surface area contributed by atoms with Crippen LogP contribution in [0.2, 0.25) is 0 Å². The maximum atomic E-state index is 10.9. The van der Waals surface area contributed by atoms with Crippen molar-refractivity contribution in [2.24, 2.45) is 0 Å². The molecule has 13 heteroatoms. The molecule has 0 aliphatic rings. The van der Waals surface area contributed by atoms with Crippen LogP contribution in [0.15, 0.2) is 14.4 Å². The van der Waals surface area contributed by atoms with Crippen molar-refractivity contribution in [2.45, 2.75) is 0 Å². The summed E-state index contributed by atoms with van der Waals surface area (Å²) in [4.78, 5) is 41.0. The van der Waals surface area contributed by atoms with Crippen LogP contribution in [0.4, 0.5) is 0 Å². The van der Waals surface area contributed by atoms with Gasteiger partial charge in [0.2, 0.25) is 0 Å². The number of aromatic amines is 4. The number of imidazole rings is 1. The van der Waals surface area contributed by atoms with Crippen molar-refractivity contribution >= 4 is 11.2 Å². The molecule has 0 saturated heterocycles. The number of fused-ring (bicyclic) bond motifs is 1. The molecule has 0 fully saturated rings. The summed E-state index contributed by atoms with van der Waals surface area (Å²) in [7, 11) is 0. The molecule has 4 N–H and O–H groups in total. The fraction of sp³-hybridized carbons (Fsp3) is 0. The predicted molar refractivity (Wildman–Crippen MR) is 42.2 cm³/mol. The van der Waals surface area contributed by atoms with E-state index in [1.807, 2.05) is 4.98 Å². The molecule has 94 valence electrons. The molecule has 0 amide bonds. The van der Waals surface area contributed by atoms with Crippen molar-refractivity contribution < 1.29 is 80.0 Å². The van der Waals surface area contributed by atoms with Crippen molar-refractivity contribution in [3.05, 3.63) is 31.3 Å². The molecule has 0 spiro atoms. The molecule has 2 rings (SSSR count). The fourth-order valence-electron chi connectivity index (χ4n) is 0.958. The van der Waals surface area contributed by atoms with Gasteiger partial charge in [0, 0.05) is 0 Å². The molecule has 0 saturated carbocycles. The summed E-state index contributed by atoms with van der Waals surface area (Å²) in [6.07, 6.45) is 0. The van der Waals surface area contributed by atoms with Crippen molar-refractivity contribution in [1.82, 2.24) is 19.9 Å². The zero-order chi connectivity index (χ0) is 13.2. The molecule has 0 bridgehead atoms. The van der Waals surface area contributed by atoms with Crippen LogP contribution in [0.3, 0.4) is 0 Å². The summed E-state index contributed by atoms with van der Waals surface area (Å²) >= 11 is -5.62. The van der Waals surface area contributed by atoms with E-state index in [1.165, 1.54) is 0 Å². The number of aromatic nitrogens is 4. The Labute approximate surface area is 141 Å². The first-order valence-corrected chi connectivity index (χ1v) is 5.66. The molecule has 2 aromatic rings. The summed E-state index contributed by atoms with van der Waals surface area (Å²) in [5.41, 5.74) is -1.65. The third-order valence-electron chi connectivity index (χ3n) is 1.42. The molecule has 0 unspecified atom stereocenters. The van der Waals surface area contributed by atoms with Crippen molar-refractivity contribution in [3.8, 4) is 0 Å². The van der Waals surface area contributed by atoms with Crippen LogP contribution in [-0.2, 0) is 24.5 Å².